The van der Waals surface area contributed by atoms with Gasteiger partial charge in [-0.05, 0) is 43.9 Å². The van der Waals surface area contributed by atoms with Gasteiger partial charge in [-0.15, -0.1) is 11.6 Å². The standard InChI is InChI=1S/C16H20Cl2N2/c1-10-4-3-5-13(8-10)20-15-7-6-12(18)9-14(15)19-16(20)11(2)17/h6-7,9-11,13H,3-5,8H2,1-2H3. The summed E-state index contributed by atoms with van der Waals surface area (Å²) in [5, 5.41) is 0.645. The normalized spacial score (nSPS) is 25.0. The third-order valence-corrected chi connectivity index (χ3v) is 4.74. The lowest BCUT2D eigenvalue weighted by Crippen LogP contribution is -2.19. The Kier molecular flexibility index (Phi) is 3.96. The van der Waals surface area contributed by atoms with Crippen molar-refractivity contribution in [3.05, 3.63) is 29.0 Å². The molecule has 2 aromatic rings. The van der Waals surface area contributed by atoms with E-state index < -0.39 is 0 Å². The zero-order valence-corrected chi connectivity index (χ0v) is 13.5. The van der Waals surface area contributed by atoms with Gasteiger partial charge in [0.05, 0.1) is 16.4 Å². The van der Waals surface area contributed by atoms with Crippen LogP contribution in [0.15, 0.2) is 18.2 Å². The van der Waals surface area contributed by atoms with E-state index in [4.69, 9.17) is 28.2 Å². The second-order valence-corrected chi connectivity index (χ2v) is 7.11. The maximum absolute atomic E-state index is 6.36. The van der Waals surface area contributed by atoms with E-state index in [-0.39, 0.29) is 5.38 Å². The molecule has 1 aromatic heterocycles. The summed E-state index contributed by atoms with van der Waals surface area (Å²) in [5.74, 6) is 1.75. The van der Waals surface area contributed by atoms with Crippen molar-refractivity contribution < 1.29 is 0 Å². The van der Waals surface area contributed by atoms with Crippen LogP contribution in [0.1, 0.15) is 56.8 Å². The highest BCUT2D eigenvalue weighted by Gasteiger charge is 2.25. The first-order chi connectivity index (χ1) is 9.56. The number of aromatic nitrogens is 2. The van der Waals surface area contributed by atoms with Gasteiger partial charge in [-0.1, -0.05) is 31.4 Å². The Morgan fingerprint density at radius 3 is 2.85 bits per heavy atom. The first kappa shape index (κ1) is 14.2. The Hall–Kier alpha value is -0.730. The van der Waals surface area contributed by atoms with E-state index in [1.165, 1.54) is 25.7 Å². The zero-order chi connectivity index (χ0) is 14.3. The summed E-state index contributed by atoms with van der Waals surface area (Å²) in [7, 11) is 0. The zero-order valence-electron chi connectivity index (χ0n) is 11.9. The van der Waals surface area contributed by atoms with Crippen molar-refractivity contribution in [1.82, 2.24) is 9.55 Å². The van der Waals surface area contributed by atoms with Crippen LogP contribution in [0.3, 0.4) is 0 Å². The molecule has 1 fully saturated rings. The van der Waals surface area contributed by atoms with Gasteiger partial charge < -0.3 is 4.57 Å². The minimum Gasteiger partial charge on any atom is -0.324 e. The second kappa shape index (κ2) is 5.57. The summed E-state index contributed by atoms with van der Waals surface area (Å²) >= 11 is 12.4. The summed E-state index contributed by atoms with van der Waals surface area (Å²) in [5.41, 5.74) is 2.12. The molecule has 0 aliphatic heterocycles. The Bertz CT molecular complexity index is 618. The van der Waals surface area contributed by atoms with E-state index in [0.717, 1.165) is 27.8 Å². The van der Waals surface area contributed by atoms with E-state index in [1.54, 1.807) is 0 Å². The molecule has 3 atom stereocenters. The molecule has 1 aliphatic rings. The van der Waals surface area contributed by atoms with E-state index in [0.29, 0.717) is 6.04 Å². The summed E-state index contributed by atoms with van der Waals surface area (Å²) in [6, 6.07) is 6.47. The average molecular weight is 311 g/mol. The minimum atomic E-state index is -0.0848. The topological polar surface area (TPSA) is 17.8 Å². The van der Waals surface area contributed by atoms with Crippen molar-refractivity contribution in [2.75, 3.05) is 0 Å². The van der Waals surface area contributed by atoms with Crippen molar-refractivity contribution in [2.24, 2.45) is 5.92 Å². The molecular formula is C16H20Cl2N2. The predicted molar refractivity (Wildman–Crippen MR) is 85.7 cm³/mol. The van der Waals surface area contributed by atoms with Gasteiger partial charge in [0.15, 0.2) is 0 Å². The van der Waals surface area contributed by atoms with Gasteiger partial charge in [-0.2, -0.15) is 0 Å². The van der Waals surface area contributed by atoms with Gasteiger partial charge in [0.1, 0.15) is 5.82 Å². The van der Waals surface area contributed by atoms with Crippen LogP contribution in [0.4, 0.5) is 0 Å². The molecule has 0 bridgehead atoms. The van der Waals surface area contributed by atoms with Crippen molar-refractivity contribution in [3.63, 3.8) is 0 Å². The quantitative estimate of drug-likeness (QED) is 0.647. The molecule has 4 heteroatoms. The summed E-state index contributed by atoms with van der Waals surface area (Å²) in [6.07, 6.45) is 5.05. The van der Waals surface area contributed by atoms with E-state index in [1.807, 2.05) is 19.1 Å². The lowest BCUT2D eigenvalue weighted by atomic mass is 9.87. The highest BCUT2D eigenvalue weighted by atomic mass is 35.5. The Balaban J connectivity index is 2.13. The van der Waals surface area contributed by atoms with Crippen molar-refractivity contribution >= 4 is 34.2 Å². The lowest BCUT2D eigenvalue weighted by molar-refractivity contribution is 0.282. The smallest absolute Gasteiger partial charge is 0.127 e. The maximum Gasteiger partial charge on any atom is 0.127 e. The highest BCUT2D eigenvalue weighted by Crippen LogP contribution is 2.37. The molecule has 0 spiro atoms. The number of hydrogen-bond donors (Lipinski definition) is 0. The molecule has 0 N–H and O–H groups in total. The summed E-state index contributed by atoms with van der Waals surface area (Å²) < 4.78 is 2.36. The van der Waals surface area contributed by atoms with Crippen LogP contribution < -0.4 is 0 Å². The number of rotatable bonds is 2. The van der Waals surface area contributed by atoms with Crippen molar-refractivity contribution in [3.8, 4) is 0 Å². The number of imidazole rings is 1. The highest BCUT2D eigenvalue weighted by molar-refractivity contribution is 6.31. The van der Waals surface area contributed by atoms with Gasteiger partial charge in [-0.3, -0.25) is 0 Å². The number of nitrogens with zero attached hydrogens (tertiary/aromatic N) is 2. The van der Waals surface area contributed by atoms with Gasteiger partial charge in [-0.25, -0.2) is 4.98 Å². The molecule has 0 amide bonds. The Labute approximate surface area is 130 Å². The molecule has 0 radical (unpaired) electrons. The first-order valence-electron chi connectivity index (χ1n) is 7.37. The van der Waals surface area contributed by atoms with E-state index in [9.17, 15) is 0 Å². The second-order valence-electron chi connectivity index (χ2n) is 6.01. The van der Waals surface area contributed by atoms with Crippen LogP contribution in [0, 0.1) is 5.92 Å². The van der Waals surface area contributed by atoms with Crippen molar-refractivity contribution in [1.29, 1.82) is 0 Å². The average Bonchev–Trinajstić information content (AvgIpc) is 2.77. The molecule has 108 valence electrons. The van der Waals surface area contributed by atoms with E-state index >= 15 is 0 Å². The number of benzene rings is 1. The fourth-order valence-electron chi connectivity index (χ4n) is 3.39. The number of alkyl halides is 1. The lowest BCUT2D eigenvalue weighted by Gasteiger charge is -2.30. The Morgan fingerprint density at radius 1 is 1.35 bits per heavy atom. The molecule has 1 aliphatic carbocycles. The molecule has 0 saturated heterocycles. The largest absolute Gasteiger partial charge is 0.324 e. The predicted octanol–water partition coefficient (Wildman–Crippen LogP) is 5.74. The minimum absolute atomic E-state index is 0.0848. The van der Waals surface area contributed by atoms with Crippen LogP contribution in [-0.2, 0) is 0 Å². The van der Waals surface area contributed by atoms with Crippen LogP contribution in [-0.4, -0.2) is 9.55 Å². The van der Waals surface area contributed by atoms with Crippen LogP contribution in [0.2, 0.25) is 5.02 Å². The summed E-state index contributed by atoms with van der Waals surface area (Å²) in [6.45, 7) is 4.33. The number of hydrogen-bond acceptors (Lipinski definition) is 1. The maximum atomic E-state index is 6.36. The number of fused-ring (bicyclic) bond motifs is 1. The first-order valence-corrected chi connectivity index (χ1v) is 8.19. The SMILES string of the molecule is CC1CCCC(n2c(C(C)Cl)nc3cc(Cl)ccc32)C1. The fraction of sp³-hybridized carbons (Fsp3) is 0.562. The molecular weight excluding hydrogens is 291 g/mol. The summed E-state index contributed by atoms with van der Waals surface area (Å²) in [4.78, 5) is 4.72. The molecule has 1 saturated carbocycles. The molecule has 1 aromatic carbocycles. The molecule has 2 nitrogen and oxygen atoms in total. The van der Waals surface area contributed by atoms with Crippen molar-refractivity contribution in [2.45, 2.75) is 50.9 Å². The monoisotopic (exact) mass is 310 g/mol. The third-order valence-electron chi connectivity index (χ3n) is 4.31. The van der Waals surface area contributed by atoms with Gasteiger partial charge in [0.25, 0.3) is 0 Å². The Morgan fingerprint density at radius 2 is 2.15 bits per heavy atom. The van der Waals surface area contributed by atoms with E-state index in [2.05, 4.69) is 17.6 Å². The molecule has 1 heterocycles. The van der Waals surface area contributed by atoms with Crippen LogP contribution >= 0.6 is 23.2 Å². The van der Waals surface area contributed by atoms with Gasteiger partial charge in [0.2, 0.25) is 0 Å². The van der Waals surface area contributed by atoms with Gasteiger partial charge >= 0.3 is 0 Å². The molecule has 3 rings (SSSR count). The van der Waals surface area contributed by atoms with Crippen LogP contribution in [0.25, 0.3) is 11.0 Å². The number of halogens is 2. The third kappa shape index (κ3) is 2.56. The molecule has 20 heavy (non-hydrogen) atoms. The van der Waals surface area contributed by atoms with Crippen LogP contribution in [0.5, 0.6) is 0 Å². The van der Waals surface area contributed by atoms with Gasteiger partial charge in [0, 0.05) is 11.1 Å². The molecule has 3 unspecified atom stereocenters. The fourth-order valence-corrected chi connectivity index (χ4v) is 3.71.